The average Bonchev–Trinajstić information content (AvgIpc) is 2.84. The molecule has 2 atom stereocenters. The summed E-state index contributed by atoms with van der Waals surface area (Å²) in [6.07, 6.45) is 24.1. The maximum Gasteiger partial charge on any atom is 0.472 e. The van der Waals surface area contributed by atoms with Gasteiger partial charge in [0.2, 0.25) is 0 Å². The number of likely N-dealkylation sites (N-methyl/N-ethyl adjacent to an activating group) is 1. The van der Waals surface area contributed by atoms with Crippen molar-refractivity contribution in [3.05, 3.63) is 0 Å². The Bertz CT molecular complexity index is 469. The van der Waals surface area contributed by atoms with Crippen LogP contribution in [-0.2, 0) is 23.1 Å². The minimum atomic E-state index is -4.05. The highest BCUT2D eigenvalue weighted by Gasteiger charge is 2.23. The van der Waals surface area contributed by atoms with E-state index in [4.69, 9.17) is 18.5 Å². The lowest BCUT2D eigenvalue weighted by atomic mass is 10.0. The smallest absolute Gasteiger partial charge is 0.379 e. The molecule has 212 valence electrons. The SMILES string of the molecule is CCCCCCCCCCCCCCCCCCCCOCC(COP(=O)(O)OCCNC)OC. The van der Waals surface area contributed by atoms with Crippen LogP contribution in [0.3, 0.4) is 0 Å². The molecule has 0 radical (unpaired) electrons. The third kappa shape index (κ3) is 26.9. The molecule has 35 heavy (non-hydrogen) atoms. The van der Waals surface area contributed by atoms with E-state index >= 15 is 0 Å². The van der Waals surface area contributed by atoms with Crippen LogP contribution in [0, 0.1) is 0 Å². The fourth-order valence-corrected chi connectivity index (χ4v) is 4.73. The topological polar surface area (TPSA) is 86.3 Å². The van der Waals surface area contributed by atoms with E-state index in [0.29, 0.717) is 19.8 Å². The molecular weight excluding hydrogens is 465 g/mol. The maximum absolute atomic E-state index is 11.8. The molecule has 0 aromatic heterocycles. The van der Waals surface area contributed by atoms with Crippen LogP contribution in [0.1, 0.15) is 122 Å². The van der Waals surface area contributed by atoms with Crippen molar-refractivity contribution in [2.24, 2.45) is 0 Å². The Morgan fingerprint density at radius 1 is 0.686 bits per heavy atom. The highest BCUT2D eigenvalue weighted by atomic mass is 31.2. The largest absolute Gasteiger partial charge is 0.472 e. The fourth-order valence-electron chi connectivity index (χ4n) is 3.98. The second-order valence-corrected chi connectivity index (χ2v) is 11.1. The molecular formula is C27H58NO6P. The Morgan fingerprint density at radius 2 is 1.14 bits per heavy atom. The summed E-state index contributed by atoms with van der Waals surface area (Å²) < 4.78 is 32.5. The lowest BCUT2D eigenvalue weighted by Gasteiger charge is -2.18. The first-order valence-corrected chi connectivity index (χ1v) is 15.9. The van der Waals surface area contributed by atoms with Crippen LogP contribution in [-0.4, -0.2) is 58.1 Å². The molecule has 0 heterocycles. The Balaban J connectivity index is 3.36. The first kappa shape index (κ1) is 35.0. The summed E-state index contributed by atoms with van der Waals surface area (Å²) in [4.78, 5) is 9.61. The minimum absolute atomic E-state index is 0.0387. The van der Waals surface area contributed by atoms with Crippen molar-refractivity contribution in [3.8, 4) is 0 Å². The van der Waals surface area contributed by atoms with Gasteiger partial charge in [-0.25, -0.2) is 4.57 Å². The van der Waals surface area contributed by atoms with Crippen molar-refractivity contribution in [2.75, 3.05) is 47.1 Å². The van der Waals surface area contributed by atoms with Crippen LogP contribution in [0.25, 0.3) is 0 Å². The number of nitrogens with one attached hydrogen (secondary N) is 1. The first-order chi connectivity index (χ1) is 17.1. The molecule has 0 spiro atoms. The Kier molecular flexibility index (Phi) is 27.0. The average molecular weight is 524 g/mol. The molecule has 0 rings (SSSR count). The molecule has 0 amide bonds. The molecule has 0 bridgehead atoms. The van der Waals surface area contributed by atoms with Gasteiger partial charge in [0.05, 0.1) is 19.8 Å². The maximum atomic E-state index is 11.8. The van der Waals surface area contributed by atoms with E-state index in [1.165, 1.54) is 116 Å². The van der Waals surface area contributed by atoms with Crippen molar-refractivity contribution >= 4 is 7.82 Å². The summed E-state index contributed by atoms with van der Waals surface area (Å²) in [7, 11) is -0.764. The summed E-state index contributed by atoms with van der Waals surface area (Å²) in [5, 5.41) is 2.84. The van der Waals surface area contributed by atoms with Crippen molar-refractivity contribution in [1.82, 2.24) is 5.32 Å². The van der Waals surface area contributed by atoms with Gasteiger partial charge in [-0.3, -0.25) is 9.05 Å². The second kappa shape index (κ2) is 27.0. The molecule has 7 nitrogen and oxygen atoms in total. The van der Waals surface area contributed by atoms with Gasteiger partial charge in [0.1, 0.15) is 6.10 Å². The van der Waals surface area contributed by atoms with Crippen LogP contribution in [0.15, 0.2) is 0 Å². The molecule has 2 unspecified atom stereocenters. The standard InChI is InChI=1S/C27H58NO6P/c1-4-5-6-7-8-9-10-11-12-13-14-15-16-17-18-19-20-21-23-32-25-27(31-3)26-34-35(29,30)33-24-22-28-2/h27-28H,4-26H2,1-3H3,(H,29,30). The Morgan fingerprint density at radius 3 is 1.57 bits per heavy atom. The van der Waals surface area contributed by atoms with E-state index in [0.717, 1.165) is 6.42 Å². The predicted molar refractivity (Wildman–Crippen MR) is 146 cm³/mol. The zero-order valence-electron chi connectivity index (χ0n) is 23.3. The number of ether oxygens (including phenoxy) is 2. The summed E-state index contributed by atoms with van der Waals surface area (Å²) in [5.74, 6) is 0. The molecule has 0 fully saturated rings. The lowest BCUT2D eigenvalue weighted by Crippen LogP contribution is -2.24. The quantitative estimate of drug-likeness (QED) is 0.0779. The zero-order chi connectivity index (χ0) is 25.9. The molecule has 0 saturated heterocycles. The number of phosphoric acid groups is 1. The van der Waals surface area contributed by atoms with E-state index < -0.39 is 7.82 Å². The number of hydrogen-bond acceptors (Lipinski definition) is 6. The Hall–Kier alpha value is -0.0100. The summed E-state index contributed by atoms with van der Waals surface area (Å²) >= 11 is 0. The van der Waals surface area contributed by atoms with E-state index in [1.54, 1.807) is 7.05 Å². The van der Waals surface area contributed by atoms with E-state index in [-0.39, 0.29) is 19.3 Å². The number of hydrogen-bond donors (Lipinski definition) is 2. The van der Waals surface area contributed by atoms with Gasteiger partial charge < -0.3 is 19.7 Å². The third-order valence-corrected chi connectivity index (χ3v) is 7.29. The third-order valence-electron chi connectivity index (χ3n) is 6.31. The highest BCUT2D eigenvalue weighted by molar-refractivity contribution is 7.47. The summed E-state index contributed by atoms with van der Waals surface area (Å²) in [6, 6.07) is 0. The van der Waals surface area contributed by atoms with Crippen LogP contribution >= 0.6 is 7.82 Å². The monoisotopic (exact) mass is 523 g/mol. The van der Waals surface area contributed by atoms with Gasteiger partial charge in [0.15, 0.2) is 0 Å². The van der Waals surface area contributed by atoms with Gasteiger partial charge in [0.25, 0.3) is 0 Å². The van der Waals surface area contributed by atoms with Gasteiger partial charge in [-0.15, -0.1) is 0 Å². The number of unbranched alkanes of at least 4 members (excludes halogenated alkanes) is 17. The molecule has 0 aliphatic carbocycles. The molecule has 2 N–H and O–H groups in total. The van der Waals surface area contributed by atoms with Crippen LogP contribution in [0.2, 0.25) is 0 Å². The first-order valence-electron chi connectivity index (χ1n) is 14.4. The normalized spacial score (nSPS) is 14.3. The van der Waals surface area contributed by atoms with Gasteiger partial charge in [-0.1, -0.05) is 116 Å². The molecule has 0 aromatic carbocycles. The minimum Gasteiger partial charge on any atom is -0.379 e. The molecule has 0 aliphatic rings. The van der Waals surface area contributed by atoms with E-state index in [1.807, 2.05) is 0 Å². The molecule has 0 aliphatic heterocycles. The van der Waals surface area contributed by atoms with Crippen molar-refractivity contribution in [1.29, 1.82) is 0 Å². The zero-order valence-corrected chi connectivity index (χ0v) is 24.2. The number of phosphoric ester groups is 1. The van der Waals surface area contributed by atoms with Crippen LogP contribution < -0.4 is 5.32 Å². The Labute approximate surface area is 217 Å². The number of rotatable bonds is 29. The van der Waals surface area contributed by atoms with E-state index in [2.05, 4.69) is 12.2 Å². The summed E-state index contributed by atoms with van der Waals surface area (Å²) in [5.41, 5.74) is 0. The van der Waals surface area contributed by atoms with Crippen molar-refractivity contribution in [2.45, 2.75) is 129 Å². The van der Waals surface area contributed by atoms with Gasteiger partial charge in [-0.05, 0) is 13.5 Å². The molecule has 0 aromatic rings. The van der Waals surface area contributed by atoms with Gasteiger partial charge in [0, 0.05) is 20.3 Å². The fraction of sp³-hybridized carbons (Fsp3) is 1.00. The number of methoxy groups -OCH3 is 1. The summed E-state index contributed by atoms with van der Waals surface area (Å²) in [6.45, 7) is 3.84. The van der Waals surface area contributed by atoms with Crippen molar-refractivity contribution in [3.63, 3.8) is 0 Å². The second-order valence-electron chi connectivity index (χ2n) is 9.64. The van der Waals surface area contributed by atoms with Crippen LogP contribution in [0.5, 0.6) is 0 Å². The molecule has 8 heteroatoms. The molecule has 0 saturated carbocycles. The van der Waals surface area contributed by atoms with Crippen LogP contribution in [0.4, 0.5) is 0 Å². The highest BCUT2D eigenvalue weighted by Crippen LogP contribution is 2.43. The predicted octanol–water partition coefficient (Wildman–Crippen LogP) is 7.41. The van der Waals surface area contributed by atoms with Crippen molar-refractivity contribution < 1.29 is 28.0 Å². The van der Waals surface area contributed by atoms with E-state index in [9.17, 15) is 9.46 Å². The lowest BCUT2D eigenvalue weighted by molar-refractivity contribution is -0.0220. The van der Waals surface area contributed by atoms with Gasteiger partial charge >= 0.3 is 7.82 Å². The van der Waals surface area contributed by atoms with Gasteiger partial charge in [-0.2, -0.15) is 0 Å².